The summed E-state index contributed by atoms with van der Waals surface area (Å²) in [5.74, 6) is 0.0214. The minimum atomic E-state index is -3.73. The molecule has 0 N–H and O–H groups in total. The summed E-state index contributed by atoms with van der Waals surface area (Å²) in [4.78, 5) is 23.6. The van der Waals surface area contributed by atoms with Gasteiger partial charge in [0.1, 0.15) is 11.5 Å². The number of esters is 1. The minimum absolute atomic E-state index is 0.0585. The third kappa shape index (κ3) is 5.78. The Kier molecular flexibility index (Phi) is 7.18. The van der Waals surface area contributed by atoms with Gasteiger partial charge in [-0.2, -0.15) is 0 Å². The van der Waals surface area contributed by atoms with Crippen molar-refractivity contribution < 1.29 is 27.5 Å². The fourth-order valence-corrected chi connectivity index (χ4v) is 4.27. The molecule has 3 rings (SSSR count). The average molecular weight is 468 g/mol. The quantitative estimate of drug-likeness (QED) is 0.279. The van der Waals surface area contributed by atoms with Crippen LogP contribution in [0.15, 0.2) is 71.6 Å². The Morgan fingerprint density at radius 1 is 0.848 bits per heavy atom. The Bertz CT molecular complexity index is 1270. The SMILES string of the molecule is CC(=O)c1ccc(OCC(=O)Oc2ccc(N(C)S(=O)(=O)c3ccc(C)c(C)c3)cc2)cc1. The molecule has 0 fully saturated rings. The Hall–Kier alpha value is -3.65. The second-order valence-corrected chi connectivity index (χ2v) is 9.53. The predicted octanol–water partition coefficient (Wildman–Crippen LogP) is 4.32. The second kappa shape index (κ2) is 9.87. The van der Waals surface area contributed by atoms with Crippen molar-refractivity contribution in [3.05, 3.63) is 83.4 Å². The van der Waals surface area contributed by atoms with E-state index in [1.165, 1.54) is 30.4 Å². The number of carbonyl (C=O) groups is 2. The summed E-state index contributed by atoms with van der Waals surface area (Å²) in [6, 6.07) is 17.6. The van der Waals surface area contributed by atoms with E-state index in [9.17, 15) is 18.0 Å². The van der Waals surface area contributed by atoms with E-state index in [1.54, 1.807) is 54.6 Å². The standard InChI is InChI=1S/C25H25NO6S/c1-17-5-14-24(15-18(17)2)33(29,30)26(4)21-8-12-23(13-9-21)32-25(28)16-31-22-10-6-20(7-11-22)19(3)27/h5-15H,16H2,1-4H3. The lowest BCUT2D eigenvalue weighted by Crippen LogP contribution is -2.26. The van der Waals surface area contributed by atoms with Crippen LogP contribution in [-0.4, -0.2) is 33.8 Å². The molecule has 0 aliphatic carbocycles. The third-order valence-corrected chi connectivity index (χ3v) is 6.97. The molecule has 0 spiro atoms. The molecular formula is C25H25NO6S. The lowest BCUT2D eigenvalue weighted by molar-refractivity contribution is -0.136. The van der Waals surface area contributed by atoms with E-state index in [4.69, 9.17) is 9.47 Å². The maximum Gasteiger partial charge on any atom is 0.349 e. The number of carbonyl (C=O) groups excluding carboxylic acids is 2. The van der Waals surface area contributed by atoms with E-state index in [-0.39, 0.29) is 23.0 Å². The molecule has 0 aliphatic rings. The van der Waals surface area contributed by atoms with Gasteiger partial charge in [-0.15, -0.1) is 0 Å². The first-order chi connectivity index (χ1) is 15.6. The van der Waals surface area contributed by atoms with Gasteiger partial charge in [-0.1, -0.05) is 6.07 Å². The molecular weight excluding hydrogens is 442 g/mol. The Morgan fingerprint density at radius 2 is 1.45 bits per heavy atom. The molecule has 8 heteroatoms. The van der Waals surface area contributed by atoms with Crippen molar-refractivity contribution in [1.29, 1.82) is 0 Å². The number of ketones is 1. The first-order valence-corrected chi connectivity index (χ1v) is 11.6. The fourth-order valence-electron chi connectivity index (χ4n) is 2.98. The summed E-state index contributed by atoms with van der Waals surface area (Å²) in [5.41, 5.74) is 2.88. The highest BCUT2D eigenvalue weighted by atomic mass is 32.2. The number of benzene rings is 3. The van der Waals surface area contributed by atoms with Gasteiger partial charge in [0.25, 0.3) is 10.0 Å². The zero-order valence-electron chi connectivity index (χ0n) is 18.9. The van der Waals surface area contributed by atoms with Crippen LogP contribution in [0.2, 0.25) is 0 Å². The summed E-state index contributed by atoms with van der Waals surface area (Å²) in [7, 11) is -2.26. The van der Waals surface area contributed by atoms with Crippen molar-refractivity contribution >= 4 is 27.5 Å². The first kappa shape index (κ1) is 24.0. The van der Waals surface area contributed by atoms with Crippen LogP contribution in [-0.2, 0) is 14.8 Å². The van der Waals surface area contributed by atoms with Gasteiger partial charge in [-0.05, 0) is 92.6 Å². The van der Waals surface area contributed by atoms with E-state index in [1.807, 2.05) is 13.8 Å². The molecule has 0 heterocycles. The van der Waals surface area contributed by atoms with E-state index in [2.05, 4.69) is 0 Å². The maximum atomic E-state index is 12.9. The molecule has 0 bridgehead atoms. The number of ether oxygens (including phenoxy) is 2. The number of hydrogen-bond acceptors (Lipinski definition) is 6. The molecule has 3 aromatic rings. The van der Waals surface area contributed by atoms with Crippen LogP contribution in [0.5, 0.6) is 11.5 Å². The molecule has 0 amide bonds. The van der Waals surface area contributed by atoms with Gasteiger partial charge in [0, 0.05) is 12.6 Å². The highest BCUT2D eigenvalue weighted by molar-refractivity contribution is 7.92. The summed E-state index contributed by atoms with van der Waals surface area (Å²) in [6.07, 6.45) is 0. The lowest BCUT2D eigenvalue weighted by Gasteiger charge is -2.20. The minimum Gasteiger partial charge on any atom is -0.482 e. The van der Waals surface area contributed by atoms with Crippen LogP contribution in [0.3, 0.4) is 0 Å². The number of sulfonamides is 1. The fraction of sp³-hybridized carbons (Fsp3) is 0.200. The highest BCUT2D eigenvalue weighted by Gasteiger charge is 2.22. The number of Topliss-reactive ketones (excluding diaryl/α,β-unsaturated/α-hetero) is 1. The summed E-state index contributed by atoms with van der Waals surface area (Å²) in [5, 5.41) is 0. The molecule has 7 nitrogen and oxygen atoms in total. The normalized spacial score (nSPS) is 11.0. The topological polar surface area (TPSA) is 90.0 Å². The van der Waals surface area contributed by atoms with Gasteiger partial charge < -0.3 is 9.47 Å². The van der Waals surface area contributed by atoms with E-state index < -0.39 is 16.0 Å². The van der Waals surface area contributed by atoms with E-state index >= 15 is 0 Å². The van der Waals surface area contributed by atoms with Crippen molar-refractivity contribution in [2.75, 3.05) is 18.0 Å². The third-order valence-electron chi connectivity index (χ3n) is 5.19. The zero-order valence-corrected chi connectivity index (χ0v) is 19.7. The van der Waals surface area contributed by atoms with Gasteiger partial charge in [-0.3, -0.25) is 9.10 Å². The molecule has 0 aromatic heterocycles. The predicted molar refractivity (Wildman–Crippen MR) is 126 cm³/mol. The smallest absolute Gasteiger partial charge is 0.349 e. The largest absolute Gasteiger partial charge is 0.482 e. The zero-order chi connectivity index (χ0) is 24.2. The van der Waals surface area contributed by atoms with Gasteiger partial charge in [0.05, 0.1) is 10.6 Å². The maximum absolute atomic E-state index is 12.9. The van der Waals surface area contributed by atoms with Crippen molar-refractivity contribution in [3.63, 3.8) is 0 Å². The van der Waals surface area contributed by atoms with Gasteiger partial charge in [0.2, 0.25) is 0 Å². The highest BCUT2D eigenvalue weighted by Crippen LogP contribution is 2.25. The van der Waals surface area contributed by atoms with Crippen LogP contribution < -0.4 is 13.8 Å². The van der Waals surface area contributed by atoms with Crippen LogP contribution in [0.25, 0.3) is 0 Å². The summed E-state index contributed by atoms with van der Waals surface area (Å²) >= 11 is 0. The van der Waals surface area contributed by atoms with Crippen molar-refractivity contribution in [2.45, 2.75) is 25.7 Å². The summed E-state index contributed by atoms with van der Waals surface area (Å²) in [6.45, 7) is 4.93. The number of aryl methyl sites for hydroxylation is 2. The second-order valence-electron chi connectivity index (χ2n) is 7.56. The van der Waals surface area contributed by atoms with Crippen molar-refractivity contribution in [3.8, 4) is 11.5 Å². The molecule has 0 unspecified atom stereocenters. The van der Waals surface area contributed by atoms with Crippen LogP contribution in [0, 0.1) is 13.8 Å². The molecule has 172 valence electrons. The molecule has 0 aliphatic heterocycles. The average Bonchev–Trinajstić information content (AvgIpc) is 2.79. The molecule has 0 radical (unpaired) electrons. The van der Waals surface area contributed by atoms with Crippen molar-refractivity contribution in [1.82, 2.24) is 0 Å². The monoisotopic (exact) mass is 467 g/mol. The number of anilines is 1. The van der Waals surface area contributed by atoms with Gasteiger partial charge >= 0.3 is 5.97 Å². The van der Waals surface area contributed by atoms with E-state index in [0.717, 1.165) is 11.1 Å². The first-order valence-electron chi connectivity index (χ1n) is 10.2. The molecule has 33 heavy (non-hydrogen) atoms. The van der Waals surface area contributed by atoms with E-state index in [0.29, 0.717) is 17.0 Å². The van der Waals surface area contributed by atoms with Crippen LogP contribution in [0.1, 0.15) is 28.4 Å². The van der Waals surface area contributed by atoms with Gasteiger partial charge in [0.15, 0.2) is 12.4 Å². The Labute approximate surface area is 193 Å². The van der Waals surface area contributed by atoms with Crippen LogP contribution >= 0.6 is 0 Å². The molecule has 0 saturated carbocycles. The number of rotatable bonds is 8. The Balaban J connectivity index is 1.61. The van der Waals surface area contributed by atoms with Crippen LogP contribution in [0.4, 0.5) is 5.69 Å². The Morgan fingerprint density at radius 3 is 2.03 bits per heavy atom. The molecule has 0 atom stereocenters. The molecule has 0 saturated heterocycles. The summed E-state index contributed by atoms with van der Waals surface area (Å²) < 4.78 is 37.7. The van der Waals surface area contributed by atoms with Gasteiger partial charge in [-0.25, -0.2) is 13.2 Å². The number of hydrogen-bond donors (Lipinski definition) is 0. The molecule has 3 aromatic carbocycles. The van der Waals surface area contributed by atoms with Crippen molar-refractivity contribution in [2.24, 2.45) is 0 Å². The number of nitrogens with zero attached hydrogens (tertiary/aromatic N) is 1. The lowest BCUT2D eigenvalue weighted by atomic mass is 10.1.